The highest BCUT2D eigenvalue weighted by molar-refractivity contribution is 6.06. The molecule has 20 heavy (non-hydrogen) atoms. The van der Waals surface area contributed by atoms with Gasteiger partial charge in [0.1, 0.15) is 0 Å². The molecule has 0 aliphatic carbocycles. The van der Waals surface area contributed by atoms with Crippen LogP contribution in [0.1, 0.15) is 37.6 Å². The summed E-state index contributed by atoms with van der Waals surface area (Å²) in [6.07, 6.45) is 2.36. The van der Waals surface area contributed by atoms with Crippen molar-refractivity contribution < 1.29 is 9.90 Å². The average molecular weight is 274 g/mol. The number of hydrogen-bond donors (Lipinski definition) is 3. The standard InChI is InChI=1S/C16H22N2O2/c1-11(2)8-16(3,20)10-18-15(19)13-9-17-14-7-5-4-6-12(13)14/h4-7,9,11,17,20H,8,10H2,1-3H3,(H,18,19). The summed E-state index contributed by atoms with van der Waals surface area (Å²) in [4.78, 5) is 15.3. The quantitative estimate of drug-likeness (QED) is 0.785. The number of rotatable bonds is 5. The molecule has 0 aliphatic heterocycles. The van der Waals surface area contributed by atoms with Crippen molar-refractivity contribution in [3.8, 4) is 0 Å². The van der Waals surface area contributed by atoms with Crippen molar-refractivity contribution in [2.75, 3.05) is 6.54 Å². The topological polar surface area (TPSA) is 65.1 Å². The van der Waals surface area contributed by atoms with E-state index in [0.717, 1.165) is 10.9 Å². The zero-order chi connectivity index (χ0) is 14.8. The lowest BCUT2D eigenvalue weighted by molar-refractivity contribution is 0.0368. The Morgan fingerprint density at radius 3 is 2.80 bits per heavy atom. The second kappa shape index (κ2) is 5.67. The number of benzene rings is 1. The van der Waals surface area contributed by atoms with Crippen LogP contribution in [0.25, 0.3) is 10.9 Å². The molecule has 1 atom stereocenters. The van der Waals surface area contributed by atoms with Crippen molar-refractivity contribution in [3.63, 3.8) is 0 Å². The molecule has 1 aromatic carbocycles. The number of hydrogen-bond acceptors (Lipinski definition) is 2. The minimum absolute atomic E-state index is 0.161. The third-order valence-electron chi connectivity index (χ3n) is 3.31. The highest BCUT2D eigenvalue weighted by Crippen LogP contribution is 2.18. The molecule has 0 aliphatic rings. The van der Waals surface area contributed by atoms with Crippen LogP contribution in [0.2, 0.25) is 0 Å². The summed E-state index contributed by atoms with van der Waals surface area (Å²) < 4.78 is 0. The predicted octanol–water partition coefficient (Wildman–Crippen LogP) is 2.69. The van der Waals surface area contributed by atoms with Crippen LogP contribution in [0.3, 0.4) is 0 Å². The van der Waals surface area contributed by atoms with Crippen LogP contribution >= 0.6 is 0 Å². The monoisotopic (exact) mass is 274 g/mol. The zero-order valence-corrected chi connectivity index (χ0v) is 12.2. The van der Waals surface area contributed by atoms with E-state index in [9.17, 15) is 9.90 Å². The summed E-state index contributed by atoms with van der Waals surface area (Å²) in [6.45, 7) is 6.11. The van der Waals surface area contributed by atoms with E-state index in [1.807, 2.05) is 24.3 Å². The fourth-order valence-corrected chi connectivity index (χ4v) is 2.58. The van der Waals surface area contributed by atoms with Crippen LogP contribution < -0.4 is 5.32 Å². The Kier molecular flexibility index (Phi) is 4.14. The van der Waals surface area contributed by atoms with E-state index in [4.69, 9.17) is 0 Å². The highest BCUT2D eigenvalue weighted by Gasteiger charge is 2.23. The van der Waals surface area contributed by atoms with Gasteiger partial charge >= 0.3 is 0 Å². The lowest BCUT2D eigenvalue weighted by Crippen LogP contribution is -2.41. The number of aromatic nitrogens is 1. The maximum absolute atomic E-state index is 12.2. The highest BCUT2D eigenvalue weighted by atomic mass is 16.3. The van der Waals surface area contributed by atoms with Gasteiger partial charge in [0, 0.05) is 23.6 Å². The summed E-state index contributed by atoms with van der Waals surface area (Å²) in [5, 5.41) is 13.9. The lowest BCUT2D eigenvalue weighted by atomic mass is 9.94. The van der Waals surface area contributed by atoms with Gasteiger partial charge in [0.2, 0.25) is 0 Å². The van der Waals surface area contributed by atoms with Crippen LogP contribution in [-0.4, -0.2) is 28.1 Å². The van der Waals surface area contributed by atoms with Gasteiger partial charge in [-0.15, -0.1) is 0 Å². The molecule has 1 amide bonds. The third kappa shape index (κ3) is 3.39. The minimum Gasteiger partial charge on any atom is -0.388 e. The molecule has 3 N–H and O–H groups in total. The number of carbonyl (C=O) groups is 1. The number of aliphatic hydroxyl groups is 1. The molecule has 2 aromatic rings. The summed E-state index contributed by atoms with van der Waals surface area (Å²) in [7, 11) is 0. The summed E-state index contributed by atoms with van der Waals surface area (Å²) >= 11 is 0. The van der Waals surface area contributed by atoms with Crippen molar-refractivity contribution in [3.05, 3.63) is 36.0 Å². The molecule has 0 saturated carbocycles. The van der Waals surface area contributed by atoms with Crippen LogP contribution in [-0.2, 0) is 0 Å². The van der Waals surface area contributed by atoms with Gasteiger partial charge in [-0.1, -0.05) is 32.0 Å². The largest absolute Gasteiger partial charge is 0.388 e. The lowest BCUT2D eigenvalue weighted by Gasteiger charge is -2.25. The van der Waals surface area contributed by atoms with Crippen molar-refractivity contribution in [1.82, 2.24) is 10.3 Å². The Morgan fingerprint density at radius 2 is 2.10 bits per heavy atom. The van der Waals surface area contributed by atoms with E-state index < -0.39 is 5.60 Å². The maximum atomic E-state index is 12.2. The van der Waals surface area contributed by atoms with E-state index in [2.05, 4.69) is 24.1 Å². The SMILES string of the molecule is CC(C)CC(C)(O)CNC(=O)c1c[nH]c2ccccc12. The Bertz CT molecular complexity index is 599. The molecule has 1 aromatic heterocycles. The van der Waals surface area contributed by atoms with Gasteiger partial charge in [0.25, 0.3) is 5.91 Å². The summed E-state index contributed by atoms with van der Waals surface area (Å²) in [5.41, 5.74) is 0.670. The van der Waals surface area contributed by atoms with Crippen LogP contribution in [0.15, 0.2) is 30.5 Å². The first-order valence-corrected chi connectivity index (χ1v) is 6.96. The second-order valence-corrected chi connectivity index (χ2v) is 6.03. The number of carbonyl (C=O) groups excluding carboxylic acids is 1. The number of H-pyrrole nitrogens is 1. The van der Waals surface area contributed by atoms with Gasteiger partial charge in [0.05, 0.1) is 11.2 Å². The second-order valence-electron chi connectivity index (χ2n) is 6.03. The molecular weight excluding hydrogens is 252 g/mol. The van der Waals surface area contributed by atoms with Crippen LogP contribution in [0.4, 0.5) is 0 Å². The van der Waals surface area contributed by atoms with Gasteiger partial charge in [-0.3, -0.25) is 4.79 Å². The minimum atomic E-state index is -0.879. The van der Waals surface area contributed by atoms with E-state index in [0.29, 0.717) is 17.9 Å². The first-order chi connectivity index (χ1) is 9.39. The molecule has 4 nitrogen and oxygen atoms in total. The first kappa shape index (κ1) is 14.6. The summed E-state index contributed by atoms with van der Waals surface area (Å²) in [5.74, 6) is 0.224. The fourth-order valence-electron chi connectivity index (χ4n) is 2.58. The van der Waals surface area contributed by atoms with Gasteiger partial charge in [-0.25, -0.2) is 0 Å². The number of aromatic amines is 1. The molecule has 0 saturated heterocycles. The molecule has 1 heterocycles. The number of amides is 1. The van der Waals surface area contributed by atoms with Crippen LogP contribution in [0, 0.1) is 5.92 Å². The average Bonchev–Trinajstić information content (AvgIpc) is 2.78. The van der Waals surface area contributed by atoms with E-state index in [1.54, 1.807) is 13.1 Å². The normalized spacial score (nSPS) is 14.4. The molecular formula is C16H22N2O2. The fraction of sp³-hybridized carbons (Fsp3) is 0.438. The van der Waals surface area contributed by atoms with Gasteiger partial charge in [0.15, 0.2) is 0 Å². The molecule has 1 unspecified atom stereocenters. The third-order valence-corrected chi connectivity index (χ3v) is 3.31. The molecule has 108 valence electrons. The van der Waals surface area contributed by atoms with E-state index in [-0.39, 0.29) is 12.5 Å². The van der Waals surface area contributed by atoms with E-state index >= 15 is 0 Å². The Balaban J connectivity index is 2.06. The molecule has 0 fully saturated rings. The van der Waals surface area contributed by atoms with Crippen molar-refractivity contribution in [1.29, 1.82) is 0 Å². The smallest absolute Gasteiger partial charge is 0.253 e. The number of nitrogens with one attached hydrogen (secondary N) is 2. The molecule has 0 radical (unpaired) electrons. The van der Waals surface area contributed by atoms with Crippen molar-refractivity contribution >= 4 is 16.8 Å². The predicted molar refractivity (Wildman–Crippen MR) is 80.7 cm³/mol. The molecule has 2 rings (SSSR count). The number of fused-ring (bicyclic) bond motifs is 1. The Morgan fingerprint density at radius 1 is 1.40 bits per heavy atom. The summed E-state index contributed by atoms with van der Waals surface area (Å²) in [6, 6.07) is 7.67. The van der Waals surface area contributed by atoms with Gasteiger partial charge < -0.3 is 15.4 Å². The van der Waals surface area contributed by atoms with Crippen molar-refractivity contribution in [2.24, 2.45) is 5.92 Å². The van der Waals surface area contributed by atoms with Gasteiger partial charge in [-0.05, 0) is 25.3 Å². The van der Waals surface area contributed by atoms with E-state index in [1.165, 1.54) is 0 Å². The Hall–Kier alpha value is -1.81. The number of para-hydroxylation sites is 1. The van der Waals surface area contributed by atoms with Gasteiger partial charge in [-0.2, -0.15) is 0 Å². The molecule has 0 spiro atoms. The van der Waals surface area contributed by atoms with Crippen LogP contribution in [0.5, 0.6) is 0 Å². The maximum Gasteiger partial charge on any atom is 0.253 e. The Labute approximate surface area is 119 Å². The molecule has 4 heteroatoms. The molecule has 0 bridgehead atoms. The zero-order valence-electron chi connectivity index (χ0n) is 12.2. The van der Waals surface area contributed by atoms with Crippen molar-refractivity contribution in [2.45, 2.75) is 32.8 Å². The first-order valence-electron chi connectivity index (χ1n) is 6.96.